The van der Waals surface area contributed by atoms with Crippen LogP contribution in [0.5, 0.6) is 11.5 Å². The van der Waals surface area contributed by atoms with Crippen molar-refractivity contribution in [1.29, 1.82) is 0 Å². The Kier molecular flexibility index (Phi) is 6.36. The standard InChI is InChI=1S/C26H15ClF6N6O2/c27-23-22(26(31,32)33)40-19-12-15(6-7-18(19)41-23)36-24-34-10-8-16(37-24)20-17-5-2-9-35-39(17)38-21(20)13-3-1-4-14(11-13)25(28,29)30/h1-12,22-23H,(H,34,36,37). The maximum absolute atomic E-state index is 13.4. The van der Waals surface area contributed by atoms with Crippen molar-refractivity contribution in [1.82, 2.24) is 24.8 Å². The summed E-state index contributed by atoms with van der Waals surface area (Å²) in [7, 11) is 0. The zero-order valence-corrected chi connectivity index (χ0v) is 21.0. The van der Waals surface area contributed by atoms with E-state index >= 15 is 0 Å². The Morgan fingerprint density at radius 1 is 0.878 bits per heavy atom. The summed E-state index contributed by atoms with van der Waals surface area (Å²) in [5.41, 5.74) is -0.764. The molecule has 8 nitrogen and oxygen atoms in total. The molecule has 0 bridgehead atoms. The van der Waals surface area contributed by atoms with Gasteiger partial charge in [-0.1, -0.05) is 23.7 Å². The summed E-state index contributed by atoms with van der Waals surface area (Å²) in [6.07, 6.45) is -8.80. The Labute approximate surface area is 231 Å². The molecule has 2 aromatic carbocycles. The fraction of sp³-hybridized carbons (Fsp3) is 0.154. The van der Waals surface area contributed by atoms with Crippen molar-refractivity contribution in [2.45, 2.75) is 24.0 Å². The lowest BCUT2D eigenvalue weighted by atomic mass is 10.0. The lowest BCUT2D eigenvalue weighted by molar-refractivity contribution is -0.213. The molecule has 1 aliphatic rings. The second-order valence-electron chi connectivity index (χ2n) is 8.80. The molecule has 0 aliphatic carbocycles. The number of ether oxygens (including phenoxy) is 2. The Morgan fingerprint density at radius 3 is 2.49 bits per heavy atom. The summed E-state index contributed by atoms with van der Waals surface area (Å²) >= 11 is 5.69. The van der Waals surface area contributed by atoms with Gasteiger partial charge in [-0.2, -0.15) is 36.1 Å². The van der Waals surface area contributed by atoms with Gasteiger partial charge in [0.25, 0.3) is 0 Å². The van der Waals surface area contributed by atoms with Crippen LogP contribution in [-0.2, 0) is 6.18 Å². The van der Waals surface area contributed by atoms with E-state index in [1.165, 1.54) is 47.4 Å². The van der Waals surface area contributed by atoms with E-state index in [2.05, 4.69) is 25.5 Å². The fourth-order valence-electron chi connectivity index (χ4n) is 4.24. The van der Waals surface area contributed by atoms with Gasteiger partial charge in [-0.25, -0.2) is 9.97 Å². The quantitative estimate of drug-likeness (QED) is 0.180. The van der Waals surface area contributed by atoms with E-state index in [1.807, 2.05) is 0 Å². The zero-order chi connectivity index (χ0) is 28.9. The number of nitrogens with zero attached hydrogens (tertiary/aromatic N) is 5. The molecule has 0 saturated heterocycles. The van der Waals surface area contributed by atoms with E-state index in [0.29, 0.717) is 16.8 Å². The fourth-order valence-corrected chi connectivity index (χ4v) is 4.53. The number of benzene rings is 2. The number of halogens is 7. The van der Waals surface area contributed by atoms with Crippen LogP contribution in [0, 0.1) is 0 Å². The second-order valence-corrected chi connectivity index (χ2v) is 9.23. The van der Waals surface area contributed by atoms with Crippen molar-refractivity contribution >= 4 is 28.8 Å². The van der Waals surface area contributed by atoms with Gasteiger partial charge in [0.05, 0.1) is 22.3 Å². The van der Waals surface area contributed by atoms with Gasteiger partial charge < -0.3 is 14.8 Å². The summed E-state index contributed by atoms with van der Waals surface area (Å²) in [4.78, 5) is 8.66. The molecule has 4 heterocycles. The molecule has 3 aromatic heterocycles. The number of alkyl halides is 7. The Hall–Kier alpha value is -4.59. The third-order valence-electron chi connectivity index (χ3n) is 6.05. The lowest BCUT2D eigenvalue weighted by Crippen LogP contribution is -2.46. The summed E-state index contributed by atoms with van der Waals surface area (Å²) in [6, 6.07) is 13.8. The molecule has 0 amide bonds. The van der Waals surface area contributed by atoms with Crippen LogP contribution in [0.25, 0.3) is 28.0 Å². The van der Waals surface area contributed by atoms with Gasteiger partial charge in [-0.05, 0) is 42.5 Å². The van der Waals surface area contributed by atoms with E-state index < -0.39 is 29.6 Å². The van der Waals surface area contributed by atoms with Crippen LogP contribution in [0.3, 0.4) is 0 Å². The molecule has 210 valence electrons. The minimum Gasteiger partial charge on any atom is -0.472 e. The molecule has 1 aliphatic heterocycles. The SMILES string of the molecule is FC(F)(F)c1cccc(-c2nn3ncccc3c2-c2ccnc(Nc3ccc4c(c3)OC(C(F)(F)F)C(Cl)O4)n2)c1. The number of hydrogen-bond donors (Lipinski definition) is 1. The van der Waals surface area contributed by atoms with E-state index in [9.17, 15) is 26.3 Å². The number of aromatic nitrogens is 5. The topological polar surface area (TPSA) is 86.5 Å². The summed E-state index contributed by atoms with van der Waals surface area (Å²) < 4.78 is 91.6. The van der Waals surface area contributed by atoms with Crippen molar-refractivity contribution < 1.29 is 35.8 Å². The smallest absolute Gasteiger partial charge is 0.430 e. The van der Waals surface area contributed by atoms with Gasteiger partial charge >= 0.3 is 12.4 Å². The predicted octanol–water partition coefficient (Wildman–Crippen LogP) is 6.88. The summed E-state index contributed by atoms with van der Waals surface area (Å²) in [6.45, 7) is 0. The van der Waals surface area contributed by atoms with Crippen LogP contribution in [-0.4, -0.2) is 42.6 Å². The van der Waals surface area contributed by atoms with E-state index in [-0.39, 0.29) is 34.4 Å². The van der Waals surface area contributed by atoms with Crippen molar-refractivity contribution in [2.24, 2.45) is 0 Å². The Morgan fingerprint density at radius 2 is 1.71 bits per heavy atom. The highest BCUT2D eigenvalue weighted by Gasteiger charge is 2.50. The third-order valence-corrected chi connectivity index (χ3v) is 6.37. The molecule has 5 aromatic rings. The third kappa shape index (κ3) is 5.17. The summed E-state index contributed by atoms with van der Waals surface area (Å²) in [5.74, 6) is -0.124. The van der Waals surface area contributed by atoms with Gasteiger partial charge in [0, 0.05) is 29.7 Å². The van der Waals surface area contributed by atoms with E-state index in [0.717, 1.165) is 12.1 Å². The highest BCUT2D eigenvalue weighted by molar-refractivity contribution is 6.20. The molecular weight excluding hydrogens is 578 g/mol. The summed E-state index contributed by atoms with van der Waals surface area (Å²) in [5, 5.41) is 11.4. The van der Waals surface area contributed by atoms with Crippen LogP contribution in [0.4, 0.5) is 38.0 Å². The van der Waals surface area contributed by atoms with Crippen molar-refractivity contribution in [2.75, 3.05) is 5.32 Å². The largest absolute Gasteiger partial charge is 0.472 e. The molecule has 6 rings (SSSR count). The molecule has 2 unspecified atom stereocenters. The molecule has 15 heteroatoms. The minimum absolute atomic E-state index is 0.0234. The van der Waals surface area contributed by atoms with Crippen LogP contribution in [0.15, 0.2) is 73.1 Å². The first-order chi connectivity index (χ1) is 19.5. The lowest BCUT2D eigenvalue weighted by Gasteiger charge is -2.31. The van der Waals surface area contributed by atoms with Crippen LogP contribution < -0.4 is 14.8 Å². The number of anilines is 2. The number of rotatable bonds is 4. The van der Waals surface area contributed by atoms with E-state index in [4.69, 9.17) is 21.1 Å². The van der Waals surface area contributed by atoms with Gasteiger partial charge in [0.1, 0.15) is 5.69 Å². The monoisotopic (exact) mass is 592 g/mol. The Balaban J connectivity index is 1.37. The first-order valence-corrected chi connectivity index (χ1v) is 12.2. The van der Waals surface area contributed by atoms with Gasteiger partial charge in [0.15, 0.2) is 11.5 Å². The number of fused-ring (bicyclic) bond motifs is 2. The average Bonchev–Trinajstić information content (AvgIpc) is 3.32. The molecular formula is C26H15ClF6N6O2. The molecule has 2 atom stereocenters. The highest BCUT2D eigenvalue weighted by atomic mass is 35.5. The highest BCUT2D eigenvalue weighted by Crippen LogP contribution is 2.42. The zero-order valence-electron chi connectivity index (χ0n) is 20.3. The average molecular weight is 593 g/mol. The van der Waals surface area contributed by atoms with Crippen molar-refractivity contribution in [3.63, 3.8) is 0 Å². The maximum Gasteiger partial charge on any atom is 0.430 e. The van der Waals surface area contributed by atoms with Crippen molar-refractivity contribution in [3.8, 4) is 34.0 Å². The number of nitrogens with one attached hydrogen (secondary N) is 1. The maximum atomic E-state index is 13.4. The normalized spacial score (nSPS) is 17.0. The van der Waals surface area contributed by atoms with Crippen molar-refractivity contribution in [3.05, 3.63) is 78.6 Å². The molecule has 0 spiro atoms. The molecule has 0 saturated carbocycles. The number of hydrogen-bond acceptors (Lipinski definition) is 7. The van der Waals surface area contributed by atoms with Crippen LogP contribution in [0.1, 0.15) is 5.56 Å². The molecule has 1 N–H and O–H groups in total. The first kappa shape index (κ1) is 26.6. The van der Waals surface area contributed by atoms with Crippen LogP contribution in [0.2, 0.25) is 0 Å². The van der Waals surface area contributed by atoms with Crippen LogP contribution >= 0.6 is 11.6 Å². The minimum atomic E-state index is -4.76. The predicted molar refractivity (Wildman–Crippen MR) is 135 cm³/mol. The van der Waals surface area contributed by atoms with Gasteiger partial charge in [-0.15, -0.1) is 5.10 Å². The van der Waals surface area contributed by atoms with E-state index in [1.54, 1.807) is 18.2 Å². The first-order valence-electron chi connectivity index (χ1n) is 11.8. The van der Waals surface area contributed by atoms with Gasteiger partial charge in [0.2, 0.25) is 17.6 Å². The molecule has 41 heavy (non-hydrogen) atoms. The second kappa shape index (κ2) is 9.80. The molecule has 0 fully saturated rings. The Bertz CT molecular complexity index is 1760. The van der Waals surface area contributed by atoms with Gasteiger partial charge in [-0.3, -0.25) is 0 Å². The molecule has 0 radical (unpaired) electrons.